The van der Waals surface area contributed by atoms with Crippen molar-refractivity contribution in [3.8, 4) is 6.07 Å². The Morgan fingerprint density at radius 2 is 1.90 bits per heavy atom. The van der Waals surface area contributed by atoms with Crippen molar-refractivity contribution < 1.29 is 12.8 Å². The standard InChI is InChI=1S/C14H10ClFN2O2S/c15-11-5-3-7-13(14(11)16)21(19,20)18-12-6-2-1-4-10(12)8-9-17/h1-7,18H,8H2. The van der Waals surface area contributed by atoms with Crippen LogP contribution in [0.5, 0.6) is 0 Å². The van der Waals surface area contributed by atoms with Gasteiger partial charge >= 0.3 is 0 Å². The summed E-state index contributed by atoms with van der Waals surface area (Å²) in [5.74, 6) is -1.01. The number of nitrogens with one attached hydrogen (secondary N) is 1. The lowest BCUT2D eigenvalue weighted by Gasteiger charge is -2.12. The van der Waals surface area contributed by atoms with Gasteiger partial charge in [-0.3, -0.25) is 4.72 Å². The normalized spacial score (nSPS) is 10.9. The number of para-hydroxylation sites is 1. The second-order valence-corrected chi connectivity index (χ2v) is 6.21. The topological polar surface area (TPSA) is 70.0 Å². The van der Waals surface area contributed by atoms with Crippen molar-refractivity contribution >= 4 is 27.3 Å². The molecule has 4 nitrogen and oxygen atoms in total. The SMILES string of the molecule is N#CCc1ccccc1NS(=O)(=O)c1cccc(Cl)c1F. The number of halogens is 2. The summed E-state index contributed by atoms with van der Waals surface area (Å²) in [7, 11) is -4.13. The van der Waals surface area contributed by atoms with E-state index in [0.29, 0.717) is 5.56 Å². The zero-order valence-electron chi connectivity index (χ0n) is 10.7. The lowest BCUT2D eigenvalue weighted by molar-refractivity contribution is 0.570. The lowest BCUT2D eigenvalue weighted by Crippen LogP contribution is -2.15. The molecule has 7 heteroatoms. The zero-order chi connectivity index (χ0) is 15.5. The van der Waals surface area contributed by atoms with E-state index < -0.39 is 20.7 Å². The molecule has 0 aliphatic heterocycles. The molecule has 0 fully saturated rings. The van der Waals surface area contributed by atoms with Crippen molar-refractivity contribution in [1.29, 1.82) is 5.26 Å². The van der Waals surface area contributed by atoms with Crippen LogP contribution in [0.3, 0.4) is 0 Å². The fraction of sp³-hybridized carbons (Fsp3) is 0.0714. The molecule has 0 radical (unpaired) electrons. The predicted octanol–water partition coefficient (Wildman–Crippen LogP) is 3.35. The fourth-order valence-corrected chi connectivity index (χ4v) is 3.18. The maximum atomic E-state index is 13.8. The highest BCUT2D eigenvalue weighted by molar-refractivity contribution is 7.92. The minimum Gasteiger partial charge on any atom is -0.279 e. The van der Waals surface area contributed by atoms with Crippen LogP contribution < -0.4 is 4.72 Å². The number of benzene rings is 2. The number of hydrogen-bond donors (Lipinski definition) is 1. The Hall–Kier alpha value is -2.10. The van der Waals surface area contributed by atoms with E-state index in [0.717, 1.165) is 6.07 Å². The summed E-state index contributed by atoms with van der Waals surface area (Å²) < 4.78 is 40.6. The highest BCUT2D eigenvalue weighted by Gasteiger charge is 2.21. The molecule has 0 bridgehead atoms. The van der Waals surface area contributed by atoms with Crippen LogP contribution in [0.1, 0.15) is 5.56 Å². The van der Waals surface area contributed by atoms with E-state index in [1.807, 2.05) is 6.07 Å². The minimum atomic E-state index is -4.13. The fourth-order valence-electron chi connectivity index (χ4n) is 1.75. The van der Waals surface area contributed by atoms with E-state index in [1.54, 1.807) is 18.2 Å². The van der Waals surface area contributed by atoms with Crippen molar-refractivity contribution in [3.63, 3.8) is 0 Å². The van der Waals surface area contributed by atoms with Crippen LogP contribution in [0.4, 0.5) is 10.1 Å². The van der Waals surface area contributed by atoms with Gasteiger partial charge in [-0.15, -0.1) is 0 Å². The molecule has 0 spiro atoms. The largest absolute Gasteiger partial charge is 0.279 e. The van der Waals surface area contributed by atoms with Gasteiger partial charge in [-0.1, -0.05) is 35.9 Å². The maximum absolute atomic E-state index is 13.8. The second kappa shape index (κ2) is 6.12. The predicted molar refractivity (Wildman–Crippen MR) is 78.0 cm³/mol. The summed E-state index contributed by atoms with van der Waals surface area (Å²) in [6.07, 6.45) is 0.0384. The zero-order valence-corrected chi connectivity index (χ0v) is 12.2. The quantitative estimate of drug-likeness (QED) is 0.937. The van der Waals surface area contributed by atoms with Crippen molar-refractivity contribution in [1.82, 2.24) is 0 Å². The summed E-state index contributed by atoms with van der Waals surface area (Å²) >= 11 is 5.59. The number of anilines is 1. The van der Waals surface area contributed by atoms with E-state index in [4.69, 9.17) is 16.9 Å². The first-order valence-electron chi connectivity index (χ1n) is 5.87. The van der Waals surface area contributed by atoms with Gasteiger partial charge in [0, 0.05) is 0 Å². The number of sulfonamides is 1. The summed E-state index contributed by atoms with van der Waals surface area (Å²) in [6.45, 7) is 0. The van der Waals surface area contributed by atoms with Gasteiger partial charge in [0.15, 0.2) is 5.82 Å². The Balaban J connectivity index is 2.43. The molecule has 0 heterocycles. The Kier molecular flexibility index (Phi) is 4.46. The third-order valence-electron chi connectivity index (χ3n) is 2.74. The number of rotatable bonds is 4. The smallest absolute Gasteiger partial charge is 0.264 e. The van der Waals surface area contributed by atoms with E-state index >= 15 is 0 Å². The highest BCUT2D eigenvalue weighted by Crippen LogP contribution is 2.25. The molecule has 0 aromatic heterocycles. The van der Waals surface area contributed by atoms with E-state index in [-0.39, 0.29) is 17.1 Å². The molecule has 2 rings (SSSR count). The molecule has 0 saturated heterocycles. The molecule has 0 aliphatic rings. The monoisotopic (exact) mass is 324 g/mol. The van der Waals surface area contributed by atoms with Gasteiger partial charge in [0.05, 0.1) is 23.2 Å². The molecular weight excluding hydrogens is 315 g/mol. The number of nitrogens with zero attached hydrogens (tertiary/aromatic N) is 1. The molecule has 1 N–H and O–H groups in total. The van der Waals surface area contributed by atoms with Gasteiger partial charge in [-0.2, -0.15) is 5.26 Å². The third-order valence-corrected chi connectivity index (χ3v) is 4.41. The molecule has 2 aromatic carbocycles. The van der Waals surface area contributed by atoms with Gasteiger partial charge in [0.2, 0.25) is 0 Å². The number of hydrogen-bond acceptors (Lipinski definition) is 3. The van der Waals surface area contributed by atoms with Gasteiger partial charge < -0.3 is 0 Å². The van der Waals surface area contributed by atoms with Crippen LogP contribution in [0.25, 0.3) is 0 Å². The first kappa shape index (κ1) is 15.3. The van der Waals surface area contributed by atoms with Crippen LogP contribution in [-0.2, 0) is 16.4 Å². The van der Waals surface area contributed by atoms with Crippen molar-refractivity contribution in [3.05, 3.63) is 58.9 Å². The van der Waals surface area contributed by atoms with Gasteiger partial charge in [-0.25, -0.2) is 12.8 Å². The van der Waals surface area contributed by atoms with Gasteiger partial charge in [0.25, 0.3) is 10.0 Å². The summed E-state index contributed by atoms with van der Waals surface area (Å²) in [5, 5.41) is 8.46. The third kappa shape index (κ3) is 3.32. The molecule has 0 amide bonds. The van der Waals surface area contributed by atoms with Gasteiger partial charge in [-0.05, 0) is 23.8 Å². The Morgan fingerprint density at radius 3 is 2.62 bits per heavy atom. The average Bonchev–Trinajstić information content (AvgIpc) is 2.44. The molecule has 2 aromatic rings. The first-order chi connectivity index (χ1) is 9.95. The molecule has 0 saturated carbocycles. The summed E-state index contributed by atoms with van der Waals surface area (Å²) in [6, 6.07) is 12.1. The van der Waals surface area contributed by atoms with Crippen LogP contribution in [-0.4, -0.2) is 8.42 Å². The first-order valence-corrected chi connectivity index (χ1v) is 7.73. The van der Waals surface area contributed by atoms with Crippen LogP contribution in [0.2, 0.25) is 5.02 Å². The molecule has 21 heavy (non-hydrogen) atoms. The van der Waals surface area contributed by atoms with Crippen molar-refractivity contribution in [2.75, 3.05) is 4.72 Å². The molecule has 0 aliphatic carbocycles. The van der Waals surface area contributed by atoms with Gasteiger partial charge in [0.1, 0.15) is 4.90 Å². The number of nitriles is 1. The van der Waals surface area contributed by atoms with E-state index in [2.05, 4.69) is 4.72 Å². The Morgan fingerprint density at radius 1 is 1.19 bits per heavy atom. The van der Waals surface area contributed by atoms with Crippen LogP contribution >= 0.6 is 11.6 Å². The molecule has 0 unspecified atom stereocenters. The van der Waals surface area contributed by atoms with Crippen LogP contribution in [0.15, 0.2) is 47.4 Å². The summed E-state index contributed by atoms with van der Waals surface area (Å²) in [4.78, 5) is -0.540. The van der Waals surface area contributed by atoms with Crippen LogP contribution in [0, 0.1) is 17.1 Å². The second-order valence-electron chi connectivity index (χ2n) is 4.15. The van der Waals surface area contributed by atoms with E-state index in [1.165, 1.54) is 18.2 Å². The van der Waals surface area contributed by atoms with Crippen molar-refractivity contribution in [2.45, 2.75) is 11.3 Å². The highest BCUT2D eigenvalue weighted by atomic mass is 35.5. The summed E-state index contributed by atoms with van der Waals surface area (Å²) in [5.41, 5.74) is 0.740. The average molecular weight is 325 g/mol. The lowest BCUT2D eigenvalue weighted by atomic mass is 10.1. The maximum Gasteiger partial charge on any atom is 0.264 e. The molecular formula is C14H10ClFN2O2S. The Bertz CT molecular complexity index is 816. The van der Waals surface area contributed by atoms with E-state index in [9.17, 15) is 12.8 Å². The molecule has 0 atom stereocenters. The molecule has 108 valence electrons. The Labute approximate surface area is 126 Å². The minimum absolute atomic E-state index is 0.0384. The van der Waals surface area contributed by atoms with Crippen molar-refractivity contribution in [2.24, 2.45) is 0 Å².